The molecule has 0 aliphatic carbocycles. The molecule has 2 aromatic carbocycles. The predicted octanol–water partition coefficient (Wildman–Crippen LogP) is 3.84. The number of rotatable bonds is 8. The molecule has 0 spiro atoms. The summed E-state index contributed by atoms with van der Waals surface area (Å²) in [5.74, 6) is -0.274. The number of aryl methyl sites for hydroxylation is 1. The van der Waals surface area contributed by atoms with Gasteiger partial charge in [0.05, 0.1) is 6.21 Å². The first-order chi connectivity index (χ1) is 12.1. The van der Waals surface area contributed by atoms with Gasteiger partial charge < -0.3 is 14.9 Å². The van der Waals surface area contributed by atoms with Gasteiger partial charge in [-0.1, -0.05) is 24.2 Å². The third kappa shape index (κ3) is 6.58. The van der Waals surface area contributed by atoms with E-state index < -0.39 is 6.61 Å². The van der Waals surface area contributed by atoms with E-state index in [2.05, 4.69) is 22.1 Å². The number of halogens is 2. The van der Waals surface area contributed by atoms with Gasteiger partial charge in [0.25, 0.3) is 5.91 Å². The van der Waals surface area contributed by atoms with Gasteiger partial charge in [-0.05, 0) is 53.9 Å². The van der Waals surface area contributed by atoms with Crippen LogP contribution in [0.3, 0.4) is 0 Å². The van der Waals surface area contributed by atoms with Crippen molar-refractivity contribution in [3.05, 3.63) is 59.7 Å². The molecule has 0 aliphatic heterocycles. The summed E-state index contributed by atoms with van der Waals surface area (Å²) in [4.78, 5) is 16.6. The van der Waals surface area contributed by atoms with Crippen molar-refractivity contribution < 1.29 is 23.1 Å². The summed E-state index contributed by atoms with van der Waals surface area (Å²) in [5, 5.41) is 6.36. The second-order valence-corrected chi connectivity index (χ2v) is 5.05. The average Bonchev–Trinajstić information content (AvgIpc) is 2.60. The van der Waals surface area contributed by atoms with Crippen molar-refractivity contribution in [2.24, 2.45) is 5.16 Å². The normalized spacial score (nSPS) is 10.9. The highest BCUT2D eigenvalue weighted by Crippen LogP contribution is 2.14. The lowest BCUT2D eigenvalue weighted by Crippen LogP contribution is -2.16. The summed E-state index contributed by atoms with van der Waals surface area (Å²) in [7, 11) is 0. The minimum absolute atomic E-state index is 0.0570. The smallest absolute Gasteiger partial charge is 0.387 e. The van der Waals surface area contributed by atoms with E-state index in [0.717, 1.165) is 6.42 Å². The van der Waals surface area contributed by atoms with Crippen molar-refractivity contribution in [1.82, 2.24) is 0 Å². The molecule has 0 atom stereocenters. The summed E-state index contributed by atoms with van der Waals surface area (Å²) >= 11 is 0. The maximum absolute atomic E-state index is 12.0. The largest absolute Gasteiger partial charge is 0.435 e. The molecule has 7 heteroatoms. The number of alkyl halides is 2. The number of amides is 1. The summed E-state index contributed by atoms with van der Waals surface area (Å²) in [6, 6.07) is 13.4. The number of nitrogens with zero attached hydrogens (tertiary/aromatic N) is 1. The Kier molecular flexibility index (Phi) is 6.88. The molecule has 0 radical (unpaired) electrons. The minimum atomic E-state index is -2.86. The van der Waals surface area contributed by atoms with Gasteiger partial charge in [0.2, 0.25) is 0 Å². The fraction of sp³-hybridized carbons (Fsp3) is 0.222. The zero-order valence-electron chi connectivity index (χ0n) is 13.6. The van der Waals surface area contributed by atoms with Crippen molar-refractivity contribution in [1.29, 1.82) is 0 Å². The van der Waals surface area contributed by atoms with Crippen LogP contribution in [0.25, 0.3) is 0 Å². The van der Waals surface area contributed by atoms with Crippen LogP contribution < -0.4 is 10.1 Å². The lowest BCUT2D eigenvalue weighted by molar-refractivity contribution is -0.120. The lowest BCUT2D eigenvalue weighted by atomic mass is 10.1. The zero-order chi connectivity index (χ0) is 18.1. The molecular formula is C18H18F2N2O3. The lowest BCUT2D eigenvalue weighted by Gasteiger charge is -2.05. The zero-order valence-corrected chi connectivity index (χ0v) is 13.6. The number of nitrogens with one attached hydrogen (secondary N) is 1. The predicted molar refractivity (Wildman–Crippen MR) is 91.1 cm³/mol. The van der Waals surface area contributed by atoms with Crippen molar-refractivity contribution in [2.75, 3.05) is 11.9 Å². The standard InChI is InChI=1S/C18H18F2N2O3/c1-2-13-3-7-15(8-4-13)22-17(23)12-24-21-11-14-5-9-16(10-6-14)25-18(19)20/h3-11,18H,2,12H2,1H3,(H,22,23)/b21-11-. The number of ether oxygens (including phenoxy) is 1. The Morgan fingerprint density at radius 3 is 2.44 bits per heavy atom. The first-order valence-electron chi connectivity index (χ1n) is 7.66. The number of hydrogen-bond acceptors (Lipinski definition) is 4. The van der Waals surface area contributed by atoms with Gasteiger partial charge in [-0.25, -0.2) is 0 Å². The second kappa shape index (κ2) is 9.36. The van der Waals surface area contributed by atoms with E-state index in [0.29, 0.717) is 11.3 Å². The Morgan fingerprint density at radius 2 is 1.84 bits per heavy atom. The molecule has 0 unspecified atom stereocenters. The van der Waals surface area contributed by atoms with Gasteiger partial charge in [0.15, 0.2) is 6.61 Å². The molecule has 0 aliphatic rings. The molecule has 2 rings (SSSR count). The Labute approximate surface area is 144 Å². The Bertz CT molecular complexity index is 701. The van der Waals surface area contributed by atoms with Crippen molar-refractivity contribution in [3.63, 3.8) is 0 Å². The maximum atomic E-state index is 12.0. The fourth-order valence-corrected chi connectivity index (χ4v) is 1.95. The first-order valence-corrected chi connectivity index (χ1v) is 7.66. The molecule has 0 heterocycles. The van der Waals surface area contributed by atoms with Crippen LogP contribution in [-0.4, -0.2) is 25.3 Å². The molecule has 0 aromatic heterocycles. The van der Waals surface area contributed by atoms with Crippen LogP contribution >= 0.6 is 0 Å². The third-order valence-electron chi connectivity index (χ3n) is 3.22. The quantitative estimate of drug-likeness (QED) is 0.582. The first kappa shape index (κ1) is 18.4. The van der Waals surface area contributed by atoms with Gasteiger partial charge in [-0.15, -0.1) is 0 Å². The number of hydrogen-bond donors (Lipinski definition) is 1. The number of carbonyl (C=O) groups excluding carboxylic acids is 1. The Balaban J connectivity index is 1.75. The van der Waals surface area contributed by atoms with Crippen LogP contribution in [0.2, 0.25) is 0 Å². The van der Waals surface area contributed by atoms with E-state index in [-0.39, 0.29) is 18.3 Å². The number of anilines is 1. The van der Waals surface area contributed by atoms with Gasteiger partial charge >= 0.3 is 6.61 Å². The van der Waals surface area contributed by atoms with E-state index in [9.17, 15) is 13.6 Å². The summed E-state index contributed by atoms with van der Waals surface area (Å²) in [6.07, 6.45) is 2.30. The van der Waals surface area contributed by atoms with E-state index in [1.807, 2.05) is 24.3 Å². The molecule has 0 saturated carbocycles. The van der Waals surface area contributed by atoms with Crippen LogP contribution in [0, 0.1) is 0 Å². The van der Waals surface area contributed by atoms with E-state index in [1.165, 1.54) is 23.9 Å². The number of benzene rings is 2. The molecule has 0 bridgehead atoms. The minimum Gasteiger partial charge on any atom is -0.435 e. The fourth-order valence-electron chi connectivity index (χ4n) is 1.95. The van der Waals surface area contributed by atoms with Crippen LogP contribution in [0.15, 0.2) is 53.7 Å². The Hall–Kier alpha value is -2.96. The highest BCUT2D eigenvalue weighted by atomic mass is 19.3. The molecular weight excluding hydrogens is 330 g/mol. The molecule has 1 N–H and O–H groups in total. The van der Waals surface area contributed by atoms with Crippen molar-refractivity contribution in [2.45, 2.75) is 20.0 Å². The molecule has 0 saturated heterocycles. The summed E-state index contributed by atoms with van der Waals surface area (Å²) in [5.41, 5.74) is 2.49. The molecule has 1 amide bonds. The highest BCUT2D eigenvalue weighted by Gasteiger charge is 2.04. The monoisotopic (exact) mass is 348 g/mol. The highest BCUT2D eigenvalue weighted by molar-refractivity contribution is 5.91. The van der Waals surface area contributed by atoms with Gasteiger partial charge in [-0.3, -0.25) is 4.79 Å². The van der Waals surface area contributed by atoms with Crippen LogP contribution in [0.1, 0.15) is 18.1 Å². The van der Waals surface area contributed by atoms with Crippen LogP contribution in [-0.2, 0) is 16.1 Å². The Morgan fingerprint density at radius 1 is 1.16 bits per heavy atom. The molecule has 2 aromatic rings. The molecule has 5 nitrogen and oxygen atoms in total. The van der Waals surface area contributed by atoms with Gasteiger partial charge in [0.1, 0.15) is 5.75 Å². The number of carbonyl (C=O) groups is 1. The van der Waals surface area contributed by atoms with E-state index in [1.54, 1.807) is 12.1 Å². The second-order valence-electron chi connectivity index (χ2n) is 5.05. The van der Waals surface area contributed by atoms with Crippen molar-refractivity contribution in [3.8, 4) is 5.75 Å². The van der Waals surface area contributed by atoms with Crippen molar-refractivity contribution >= 4 is 17.8 Å². The average molecular weight is 348 g/mol. The SMILES string of the molecule is CCc1ccc(NC(=O)CO/N=C\c2ccc(OC(F)F)cc2)cc1. The van der Waals surface area contributed by atoms with Gasteiger partial charge in [0, 0.05) is 5.69 Å². The van der Waals surface area contributed by atoms with E-state index in [4.69, 9.17) is 4.84 Å². The number of oxime groups is 1. The molecule has 132 valence electrons. The topological polar surface area (TPSA) is 59.9 Å². The molecule has 25 heavy (non-hydrogen) atoms. The molecule has 0 fully saturated rings. The third-order valence-corrected chi connectivity index (χ3v) is 3.22. The summed E-state index contributed by atoms with van der Waals surface area (Å²) in [6.45, 7) is -1.04. The summed E-state index contributed by atoms with van der Waals surface area (Å²) < 4.78 is 28.3. The van der Waals surface area contributed by atoms with Crippen LogP contribution in [0.5, 0.6) is 5.75 Å². The maximum Gasteiger partial charge on any atom is 0.387 e. The van der Waals surface area contributed by atoms with Gasteiger partial charge in [-0.2, -0.15) is 8.78 Å². The van der Waals surface area contributed by atoms with E-state index >= 15 is 0 Å². The van der Waals surface area contributed by atoms with Crippen LogP contribution in [0.4, 0.5) is 14.5 Å².